The Hall–Kier alpha value is -0.0213. The molecule has 0 aliphatic rings. The van der Waals surface area contributed by atoms with E-state index in [1.165, 1.54) is 21.3 Å². The van der Waals surface area contributed by atoms with Crippen molar-refractivity contribution < 1.29 is 9.59 Å². The van der Waals surface area contributed by atoms with Crippen LogP contribution >= 0.6 is 35.8 Å². The third-order valence-electron chi connectivity index (χ3n) is 1.70. The normalized spacial score (nSPS) is 9.84. The molecule has 19 heavy (non-hydrogen) atoms. The van der Waals surface area contributed by atoms with Crippen molar-refractivity contribution in [3.05, 3.63) is 21.9 Å². The molecule has 1 aromatic rings. The maximum absolute atomic E-state index is 9.01. The third kappa shape index (κ3) is 12.7. The van der Waals surface area contributed by atoms with Crippen LogP contribution in [0.5, 0.6) is 0 Å². The van der Waals surface area contributed by atoms with E-state index in [1.54, 1.807) is 33.9 Å². The first-order valence-corrected chi connectivity index (χ1v) is 9.17. The minimum atomic E-state index is 0.215. The van der Waals surface area contributed by atoms with Crippen LogP contribution in [0.25, 0.3) is 0 Å². The van der Waals surface area contributed by atoms with Crippen LogP contribution in [-0.4, -0.2) is 45.8 Å². The summed E-state index contributed by atoms with van der Waals surface area (Å²) in [6.45, 7) is 2.05. The zero-order valence-corrected chi connectivity index (χ0v) is 15.9. The molecule has 0 saturated carbocycles. The second-order valence-corrected chi connectivity index (χ2v) is 6.06. The van der Waals surface area contributed by atoms with E-state index >= 15 is 0 Å². The first-order chi connectivity index (χ1) is 9.08. The molecule has 0 fully saturated rings. The predicted octanol–water partition coefficient (Wildman–Crippen LogP) is 2.27. The average molecular weight is 421 g/mol. The number of carbonyl (C=O) groups is 2. The van der Waals surface area contributed by atoms with E-state index < -0.39 is 0 Å². The van der Waals surface area contributed by atoms with Gasteiger partial charge in [0, 0.05) is 10.7 Å². The van der Waals surface area contributed by atoms with E-state index in [9.17, 15) is 0 Å². The predicted molar refractivity (Wildman–Crippen MR) is 90.6 cm³/mol. The Morgan fingerprint density at radius 2 is 1.84 bits per heavy atom. The van der Waals surface area contributed by atoms with Crippen molar-refractivity contribution in [1.29, 1.82) is 0 Å². The summed E-state index contributed by atoms with van der Waals surface area (Å²) in [5.41, 5.74) is 7.27. The van der Waals surface area contributed by atoms with Gasteiger partial charge >= 0.3 is 85.3 Å². The molecule has 3 nitrogen and oxygen atoms in total. The van der Waals surface area contributed by atoms with Crippen molar-refractivity contribution >= 4 is 81.6 Å². The van der Waals surface area contributed by atoms with Crippen molar-refractivity contribution in [3.8, 4) is 0 Å². The number of rotatable bonds is 5. The molecule has 0 aliphatic carbocycles. The molecule has 103 valence electrons. The smallest absolute Gasteiger partial charge is 0.153 e. The van der Waals surface area contributed by atoms with E-state index in [0.717, 1.165) is 10.7 Å². The van der Waals surface area contributed by atoms with Gasteiger partial charge in [-0.25, -0.2) is 0 Å². The molecule has 1 unspecified atom stereocenters. The Morgan fingerprint density at radius 3 is 2.16 bits per heavy atom. The molecular formula is C12H16NO2S3Sn. The molecule has 1 rings (SSSR count). The average Bonchev–Trinajstić information content (AvgIpc) is 2.88. The Balaban J connectivity index is 0. The van der Waals surface area contributed by atoms with Crippen molar-refractivity contribution in [2.75, 3.05) is 0 Å². The van der Waals surface area contributed by atoms with Crippen LogP contribution in [0.4, 0.5) is 0 Å². The van der Waals surface area contributed by atoms with Crippen molar-refractivity contribution in [3.63, 3.8) is 0 Å². The van der Waals surface area contributed by atoms with Gasteiger partial charge in [-0.1, -0.05) is 24.4 Å². The molecule has 3 radical (unpaired) electrons. The first kappa shape index (κ1) is 21.3. The van der Waals surface area contributed by atoms with Crippen LogP contribution in [0.2, 0.25) is 4.44 Å². The molecule has 2 N–H and O–H groups in total. The molecular weight excluding hydrogens is 405 g/mol. The molecule has 0 aliphatic heterocycles. The van der Waals surface area contributed by atoms with E-state index in [0.29, 0.717) is 12.6 Å². The fourth-order valence-electron chi connectivity index (χ4n) is 1.09. The van der Waals surface area contributed by atoms with E-state index in [2.05, 4.69) is 42.8 Å². The molecule has 0 aromatic carbocycles. The summed E-state index contributed by atoms with van der Waals surface area (Å²) in [6, 6.07) is 2.42. The topological polar surface area (TPSA) is 60.2 Å². The Bertz CT molecular complexity index is 357. The molecule has 1 aromatic heterocycles. The van der Waals surface area contributed by atoms with Gasteiger partial charge in [0.05, 0.1) is 0 Å². The molecule has 1 heterocycles. The summed E-state index contributed by atoms with van der Waals surface area (Å²) in [7, 11) is 0. The van der Waals surface area contributed by atoms with Crippen LogP contribution in [0.15, 0.2) is 11.4 Å². The zero-order chi connectivity index (χ0) is 15.1. The molecule has 0 bridgehead atoms. The number of hydrogen-bond acceptors (Lipinski definition) is 6. The summed E-state index contributed by atoms with van der Waals surface area (Å²) < 4.78 is 1.29. The summed E-state index contributed by atoms with van der Waals surface area (Å²) in [5, 5.41) is 4.19. The van der Waals surface area contributed by atoms with Crippen LogP contribution in [0, 0.1) is 0 Å². The molecule has 0 amide bonds. The number of thiophene rings is 1. The fraction of sp³-hybridized carbons (Fsp3) is 0.333. The number of nitrogens with two attached hydrogens (primary N) is 1. The largest absolute Gasteiger partial charge is 0.298 e. The molecule has 1 atom stereocenters. The van der Waals surface area contributed by atoms with Crippen LogP contribution in [0.3, 0.4) is 0 Å². The molecule has 0 saturated heterocycles. The Morgan fingerprint density at radius 1 is 1.37 bits per heavy atom. The zero-order valence-electron chi connectivity index (χ0n) is 10.6. The van der Waals surface area contributed by atoms with Gasteiger partial charge in [-0.05, 0) is 0 Å². The van der Waals surface area contributed by atoms with Gasteiger partial charge in [-0.2, -0.15) is 0 Å². The van der Waals surface area contributed by atoms with Gasteiger partial charge in [-0.3, -0.25) is 9.59 Å². The maximum atomic E-state index is 9.01. The quantitative estimate of drug-likeness (QED) is 0.449. The first-order valence-electron chi connectivity index (χ1n) is 5.33. The summed E-state index contributed by atoms with van der Waals surface area (Å²) in [5.74, 6) is 0. The molecule has 7 heteroatoms. The second kappa shape index (κ2) is 16.0. The Labute approximate surface area is 142 Å². The van der Waals surface area contributed by atoms with Crippen molar-refractivity contribution in [2.24, 2.45) is 5.73 Å². The van der Waals surface area contributed by atoms with Gasteiger partial charge in [0.2, 0.25) is 0 Å². The van der Waals surface area contributed by atoms with E-state index in [1.807, 2.05) is 0 Å². The number of aryl methyl sites for hydroxylation is 1. The second-order valence-electron chi connectivity index (χ2n) is 3.14. The van der Waals surface area contributed by atoms with Gasteiger partial charge < -0.3 is 0 Å². The minimum absolute atomic E-state index is 0.215. The van der Waals surface area contributed by atoms with Crippen LogP contribution in [0.1, 0.15) is 23.4 Å². The number of carbonyl (C=O) groups excluding carboxylic acids is 2. The SMILES string of the molecule is CC(N)c1sccc1C[CH2][Sn].O=CC=S.O=CC=S. The number of thiocarbonyl (C=S) groups is 2. The summed E-state index contributed by atoms with van der Waals surface area (Å²) in [4.78, 5) is 19.4. The number of hydrogen-bond donors (Lipinski definition) is 1. The van der Waals surface area contributed by atoms with E-state index in [-0.39, 0.29) is 6.04 Å². The van der Waals surface area contributed by atoms with Crippen LogP contribution in [-0.2, 0) is 16.0 Å². The number of aldehydes is 2. The standard InChI is InChI=1S/C8H12NS.2C2H2OS.Sn/c1-3-7-4-5-10-8(7)6(2)9;2*3-1-2-4;/h4-6H,1,3,9H2,2H3;2*1-2H;. The Kier molecular flexibility index (Phi) is 18.0. The van der Waals surface area contributed by atoms with Crippen molar-refractivity contribution in [1.82, 2.24) is 0 Å². The van der Waals surface area contributed by atoms with Gasteiger partial charge in [0.25, 0.3) is 0 Å². The fourth-order valence-corrected chi connectivity index (χ4v) is 2.77. The maximum Gasteiger partial charge on any atom is 0.153 e. The third-order valence-corrected chi connectivity index (χ3v) is 3.80. The van der Waals surface area contributed by atoms with E-state index in [4.69, 9.17) is 15.3 Å². The molecule has 0 spiro atoms. The van der Waals surface area contributed by atoms with Gasteiger partial charge in [-0.15, -0.1) is 0 Å². The monoisotopic (exact) mass is 422 g/mol. The summed E-state index contributed by atoms with van der Waals surface area (Å²) >= 11 is 11.5. The summed E-state index contributed by atoms with van der Waals surface area (Å²) in [6.07, 6.45) is 2.34. The van der Waals surface area contributed by atoms with Crippen molar-refractivity contribution in [2.45, 2.75) is 23.8 Å². The van der Waals surface area contributed by atoms with Gasteiger partial charge in [0.15, 0.2) is 12.6 Å². The van der Waals surface area contributed by atoms with Gasteiger partial charge in [0.1, 0.15) is 0 Å². The van der Waals surface area contributed by atoms with Crippen LogP contribution < -0.4 is 5.73 Å². The minimum Gasteiger partial charge on any atom is -0.298 e.